The maximum Gasteiger partial charge on any atom is 0.245 e. The quantitative estimate of drug-likeness (QED) is 0.205. The lowest BCUT2D eigenvalue weighted by atomic mass is 9.39. The molecule has 2 aliphatic rings. The Morgan fingerprint density at radius 3 is 2.09 bits per heavy atom. The van der Waals surface area contributed by atoms with Gasteiger partial charge < -0.3 is 4.90 Å². The first-order valence-corrected chi connectivity index (χ1v) is 15.3. The maximum atomic E-state index is 5.20. The number of pyridine rings is 2. The van der Waals surface area contributed by atoms with Crippen molar-refractivity contribution in [1.82, 2.24) is 9.97 Å². The third kappa shape index (κ3) is 3.93. The monoisotopic (exact) mass is 565 g/mol. The van der Waals surface area contributed by atoms with Crippen molar-refractivity contribution < 1.29 is 0 Å². The molecule has 0 saturated heterocycles. The van der Waals surface area contributed by atoms with Crippen LogP contribution in [-0.2, 0) is 0 Å². The first kappa shape index (κ1) is 24.5. The van der Waals surface area contributed by atoms with Crippen LogP contribution in [0, 0.1) is 0 Å². The molecule has 43 heavy (non-hydrogen) atoms. The van der Waals surface area contributed by atoms with Gasteiger partial charge in [0, 0.05) is 27.9 Å². The van der Waals surface area contributed by atoms with Gasteiger partial charge in [-0.25, -0.2) is 4.98 Å². The van der Waals surface area contributed by atoms with E-state index in [9.17, 15) is 0 Å². The number of anilines is 3. The summed E-state index contributed by atoms with van der Waals surface area (Å²) < 4.78 is 0. The van der Waals surface area contributed by atoms with E-state index in [0.29, 0.717) is 0 Å². The molecule has 0 N–H and O–H groups in total. The molecule has 0 saturated carbocycles. The van der Waals surface area contributed by atoms with Crippen LogP contribution in [-0.4, -0.2) is 16.7 Å². The number of aromatic nitrogens is 2. The van der Waals surface area contributed by atoms with E-state index >= 15 is 0 Å². The molecule has 0 amide bonds. The standard InChI is InChI=1S/C38H24BN3S/c1-4-12-33-26(9-1)23-32-38(41-33)30-10-2-3-11-31(30)39(32)28-21-27(25-17-19-40-20-18-25)22-29(24-28)42-34-13-5-7-15-36(34)43-37-16-8-6-14-35(37)42/h1-24H. The van der Waals surface area contributed by atoms with Crippen LogP contribution in [0.5, 0.6) is 0 Å². The van der Waals surface area contributed by atoms with Crippen LogP contribution in [0.25, 0.3) is 33.3 Å². The van der Waals surface area contributed by atoms with E-state index in [1.54, 1.807) is 0 Å². The zero-order valence-electron chi connectivity index (χ0n) is 23.2. The summed E-state index contributed by atoms with van der Waals surface area (Å²) in [7, 11) is 0. The van der Waals surface area contributed by atoms with Crippen molar-refractivity contribution >= 4 is 62.8 Å². The van der Waals surface area contributed by atoms with E-state index in [2.05, 4.69) is 143 Å². The van der Waals surface area contributed by atoms with Gasteiger partial charge in [0.1, 0.15) is 0 Å². The van der Waals surface area contributed by atoms with E-state index in [-0.39, 0.29) is 6.71 Å². The third-order valence-electron chi connectivity index (χ3n) is 8.57. The van der Waals surface area contributed by atoms with Gasteiger partial charge >= 0.3 is 0 Å². The minimum Gasteiger partial charge on any atom is -0.308 e. The smallest absolute Gasteiger partial charge is 0.245 e. The predicted molar refractivity (Wildman–Crippen MR) is 180 cm³/mol. The van der Waals surface area contributed by atoms with Crippen LogP contribution in [0.4, 0.5) is 17.1 Å². The molecule has 200 valence electrons. The molecule has 0 spiro atoms. The Morgan fingerprint density at radius 1 is 0.581 bits per heavy atom. The van der Waals surface area contributed by atoms with Crippen molar-refractivity contribution in [2.75, 3.05) is 4.90 Å². The minimum atomic E-state index is 0.0634. The minimum absolute atomic E-state index is 0.0634. The largest absolute Gasteiger partial charge is 0.308 e. The molecule has 5 aromatic carbocycles. The molecule has 3 nitrogen and oxygen atoms in total. The van der Waals surface area contributed by atoms with Gasteiger partial charge in [-0.15, -0.1) is 0 Å². The van der Waals surface area contributed by atoms with Crippen molar-refractivity contribution in [2.45, 2.75) is 9.79 Å². The van der Waals surface area contributed by atoms with Gasteiger partial charge in [0.15, 0.2) is 0 Å². The number of para-hydroxylation sites is 3. The first-order chi connectivity index (χ1) is 21.3. The molecule has 0 fully saturated rings. The summed E-state index contributed by atoms with van der Waals surface area (Å²) in [4.78, 5) is 14.4. The Morgan fingerprint density at radius 2 is 1.28 bits per heavy atom. The SMILES string of the molecule is c1ccc2c(c1)Sc1ccccc1N2c1cc(B2c3ccccc3-c3nc4ccccc4cc32)cc(-c2ccncc2)c1. The van der Waals surface area contributed by atoms with Gasteiger partial charge in [-0.05, 0) is 82.1 Å². The van der Waals surface area contributed by atoms with Crippen LogP contribution in [0.1, 0.15) is 0 Å². The Labute approximate surface area is 255 Å². The summed E-state index contributed by atoms with van der Waals surface area (Å²) in [5.74, 6) is 0. The topological polar surface area (TPSA) is 29.0 Å². The van der Waals surface area contributed by atoms with Gasteiger partial charge in [0.05, 0.1) is 22.6 Å². The second-order valence-corrected chi connectivity index (χ2v) is 12.1. The second-order valence-electron chi connectivity index (χ2n) is 11.1. The molecule has 5 heteroatoms. The van der Waals surface area contributed by atoms with Crippen LogP contribution in [0.3, 0.4) is 0 Å². The van der Waals surface area contributed by atoms with E-state index in [1.807, 2.05) is 24.2 Å². The van der Waals surface area contributed by atoms with Crippen molar-refractivity contribution in [3.05, 3.63) is 146 Å². The van der Waals surface area contributed by atoms with E-state index in [1.165, 1.54) is 54.1 Å². The molecular weight excluding hydrogens is 541 g/mol. The second kappa shape index (κ2) is 9.72. The lowest BCUT2D eigenvalue weighted by molar-refractivity contribution is 1.17. The fraction of sp³-hybridized carbons (Fsp3) is 0. The summed E-state index contributed by atoms with van der Waals surface area (Å²) in [6, 6.07) is 48.2. The van der Waals surface area contributed by atoms with Crippen molar-refractivity contribution in [3.63, 3.8) is 0 Å². The fourth-order valence-electron chi connectivity index (χ4n) is 6.68. The molecular formula is C38H24BN3S. The summed E-state index contributed by atoms with van der Waals surface area (Å²) in [6.07, 6.45) is 3.75. The number of fused-ring (bicyclic) bond motifs is 6. The molecule has 0 aliphatic carbocycles. The molecule has 4 heterocycles. The highest BCUT2D eigenvalue weighted by atomic mass is 32.2. The fourth-order valence-corrected chi connectivity index (χ4v) is 7.74. The molecule has 0 atom stereocenters. The van der Waals surface area contributed by atoms with Gasteiger partial charge in [-0.2, -0.15) is 0 Å². The Bertz CT molecular complexity index is 2150. The van der Waals surface area contributed by atoms with Gasteiger partial charge in [0.2, 0.25) is 6.71 Å². The average molecular weight is 566 g/mol. The van der Waals surface area contributed by atoms with Gasteiger partial charge in [-0.3, -0.25) is 4.98 Å². The number of rotatable bonds is 3. The van der Waals surface area contributed by atoms with Crippen LogP contribution < -0.4 is 21.3 Å². The molecule has 2 aromatic heterocycles. The number of hydrogen-bond donors (Lipinski definition) is 0. The van der Waals surface area contributed by atoms with Crippen molar-refractivity contribution in [1.29, 1.82) is 0 Å². The van der Waals surface area contributed by atoms with E-state index in [4.69, 9.17) is 4.98 Å². The van der Waals surface area contributed by atoms with Crippen LogP contribution >= 0.6 is 11.8 Å². The van der Waals surface area contributed by atoms with Crippen molar-refractivity contribution in [2.24, 2.45) is 0 Å². The average Bonchev–Trinajstić information content (AvgIpc) is 3.39. The molecule has 0 unspecified atom stereocenters. The highest BCUT2D eigenvalue weighted by Gasteiger charge is 2.36. The summed E-state index contributed by atoms with van der Waals surface area (Å²) in [5, 5.41) is 1.17. The zero-order valence-corrected chi connectivity index (χ0v) is 24.0. The maximum absolute atomic E-state index is 5.20. The van der Waals surface area contributed by atoms with Crippen LogP contribution in [0.2, 0.25) is 0 Å². The summed E-state index contributed by atoms with van der Waals surface area (Å²) >= 11 is 1.84. The zero-order chi connectivity index (χ0) is 28.3. The normalized spacial score (nSPS) is 12.9. The molecule has 0 radical (unpaired) electrons. The third-order valence-corrected chi connectivity index (χ3v) is 9.70. The number of benzene rings is 5. The van der Waals surface area contributed by atoms with Gasteiger partial charge in [0.25, 0.3) is 0 Å². The van der Waals surface area contributed by atoms with Gasteiger partial charge in [-0.1, -0.05) is 102 Å². The lowest BCUT2D eigenvalue weighted by Gasteiger charge is -2.33. The molecule has 0 bridgehead atoms. The molecule has 9 rings (SSSR count). The number of nitrogens with zero attached hydrogens (tertiary/aromatic N) is 3. The Hall–Kier alpha value is -5.13. The Kier molecular flexibility index (Phi) is 5.53. The van der Waals surface area contributed by atoms with E-state index < -0.39 is 0 Å². The van der Waals surface area contributed by atoms with Crippen LogP contribution in [0.15, 0.2) is 156 Å². The highest BCUT2D eigenvalue weighted by Crippen LogP contribution is 2.51. The first-order valence-electron chi connectivity index (χ1n) is 14.5. The highest BCUT2D eigenvalue weighted by molar-refractivity contribution is 7.99. The van der Waals surface area contributed by atoms with E-state index in [0.717, 1.165) is 22.5 Å². The molecule has 2 aliphatic heterocycles. The Balaban J connectivity index is 1.32. The molecule has 7 aromatic rings. The summed E-state index contributed by atoms with van der Waals surface area (Å²) in [6.45, 7) is 0.0634. The lowest BCUT2D eigenvalue weighted by Crippen LogP contribution is -2.49. The predicted octanol–water partition coefficient (Wildman–Crippen LogP) is 7.73. The number of hydrogen-bond acceptors (Lipinski definition) is 4. The summed E-state index contributed by atoms with van der Waals surface area (Å²) in [5.41, 5.74) is 13.0. The van der Waals surface area contributed by atoms with Crippen molar-refractivity contribution in [3.8, 4) is 22.4 Å².